The van der Waals surface area contributed by atoms with Crippen molar-refractivity contribution in [2.45, 2.75) is 6.92 Å². The Labute approximate surface area is 69.4 Å². The molecule has 0 fully saturated rings. The fourth-order valence-corrected chi connectivity index (χ4v) is 0.981. The molecule has 0 atom stereocenters. The van der Waals surface area contributed by atoms with Gasteiger partial charge in [-0.15, -0.1) is 6.42 Å². The van der Waals surface area contributed by atoms with E-state index in [-0.39, 0.29) is 0 Å². The number of hydrogen-bond donors (Lipinski definition) is 0. The lowest BCUT2D eigenvalue weighted by Crippen LogP contribution is -1.77. The van der Waals surface area contributed by atoms with Crippen LogP contribution in [0, 0.1) is 19.3 Å². The van der Waals surface area contributed by atoms with Gasteiger partial charge in [0, 0.05) is 10.0 Å². The number of aryl methyl sites for hydroxylation is 1. The average Bonchev–Trinajstić information content (AvgIpc) is 1.95. The molecule has 0 saturated carbocycles. The van der Waals surface area contributed by atoms with Gasteiger partial charge in [0.25, 0.3) is 0 Å². The van der Waals surface area contributed by atoms with Crippen molar-refractivity contribution < 1.29 is 0 Å². The SMILES string of the molecule is C#Cc1ccc(Br)c(C)c1. The number of rotatable bonds is 0. The van der Waals surface area contributed by atoms with Crippen molar-refractivity contribution in [3.05, 3.63) is 33.8 Å². The summed E-state index contributed by atoms with van der Waals surface area (Å²) in [6.07, 6.45) is 5.20. The van der Waals surface area contributed by atoms with Crippen molar-refractivity contribution in [2.24, 2.45) is 0 Å². The lowest BCUT2D eigenvalue weighted by molar-refractivity contribution is 1.42. The molecule has 1 aromatic carbocycles. The Morgan fingerprint density at radius 1 is 1.50 bits per heavy atom. The number of hydrogen-bond acceptors (Lipinski definition) is 0. The first-order valence-electron chi connectivity index (χ1n) is 2.97. The number of terminal acetylenes is 1. The summed E-state index contributed by atoms with van der Waals surface area (Å²) in [4.78, 5) is 0. The van der Waals surface area contributed by atoms with Crippen molar-refractivity contribution >= 4 is 15.9 Å². The molecule has 0 N–H and O–H groups in total. The number of benzene rings is 1. The van der Waals surface area contributed by atoms with Gasteiger partial charge in [-0.05, 0) is 30.7 Å². The average molecular weight is 195 g/mol. The van der Waals surface area contributed by atoms with E-state index in [9.17, 15) is 0 Å². The van der Waals surface area contributed by atoms with Gasteiger partial charge in [-0.25, -0.2) is 0 Å². The fourth-order valence-electron chi connectivity index (χ4n) is 0.734. The Balaban J connectivity index is 3.20. The molecular formula is C9H7Br. The molecule has 1 heteroatoms. The highest BCUT2D eigenvalue weighted by atomic mass is 79.9. The lowest BCUT2D eigenvalue weighted by Gasteiger charge is -1.96. The summed E-state index contributed by atoms with van der Waals surface area (Å²) < 4.78 is 1.10. The van der Waals surface area contributed by atoms with Crippen LogP contribution in [0.5, 0.6) is 0 Å². The van der Waals surface area contributed by atoms with E-state index in [1.54, 1.807) is 0 Å². The van der Waals surface area contributed by atoms with Gasteiger partial charge >= 0.3 is 0 Å². The molecule has 0 spiro atoms. The van der Waals surface area contributed by atoms with Crippen molar-refractivity contribution in [1.82, 2.24) is 0 Å². The standard InChI is InChI=1S/C9H7Br/c1-3-8-4-5-9(10)7(2)6-8/h1,4-6H,2H3. The summed E-state index contributed by atoms with van der Waals surface area (Å²) in [6.45, 7) is 2.02. The summed E-state index contributed by atoms with van der Waals surface area (Å²) >= 11 is 3.39. The quantitative estimate of drug-likeness (QED) is 0.558. The van der Waals surface area contributed by atoms with E-state index in [4.69, 9.17) is 6.42 Å². The summed E-state index contributed by atoms with van der Waals surface area (Å²) in [5.74, 6) is 2.57. The Morgan fingerprint density at radius 2 is 2.20 bits per heavy atom. The second-order valence-corrected chi connectivity index (χ2v) is 2.96. The molecule has 0 amide bonds. The van der Waals surface area contributed by atoms with Crippen molar-refractivity contribution in [3.63, 3.8) is 0 Å². The third-order valence-corrected chi connectivity index (χ3v) is 2.21. The first-order valence-corrected chi connectivity index (χ1v) is 3.76. The van der Waals surface area contributed by atoms with Gasteiger partial charge in [0.2, 0.25) is 0 Å². The predicted molar refractivity (Wildman–Crippen MR) is 46.8 cm³/mol. The molecule has 0 aliphatic carbocycles. The molecule has 0 heterocycles. The molecule has 0 aliphatic rings. The second-order valence-electron chi connectivity index (χ2n) is 2.11. The Hall–Kier alpha value is -0.740. The number of halogens is 1. The molecule has 0 aliphatic heterocycles. The Kier molecular flexibility index (Phi) is 2.13. The molecule has 0 nitrogen and oxygen atoms in total. The Bertz CT molecular complexity index is 281. The van der Waals surface area contributed by atoms with Crippen LogP contribution >= 0.6 is 15.9 Å². The zero-order chi connectivity index (χ0) is 7.56. The van der Waals surface area contributed by atoms with Crippen molar-refractivity contribution in [1.29, 1.82) is 0 Å². The van der Waals surface area contributed by atoms with Crippen LogP contribution < -0.4 is 0 Å². The zero-order valence-corrected chi connectivity index (χ0v) is 7.27. The Morgan fingerprint density at radius 3 is 2.70 bits per heavy atom. The van der Waals surface area contributed by atoms with Crippen LogP contribution in [-0.4, -0.2) is 0 Å². The largest absolute Gasteiger partial charge is 0.115 e. The fraction of sp³-hybridized carbons (Fsp3) is 0.111. The van der Waals surface area contributed by atoms with Gasteiger partial charge in [0.1, 0.15) is 0 Å². The van der Waals surface area contributed by atoms with Gasteiger partial charge in [0.15, 0.2) is 0 Å². The topological polar surface area (TPSA) is 0 Å². The predicted octanol–water partition coefficient (Wildman–Crippen LogP) is 2.74. The van der Waals surface area contributed by atoms with E-state index in [1.165, 1.54) is 5.56 Å². The molecule has 0 bridgehead atoms. The van der Waals surface area contributed by atoms with Crippen LogP contribution in [0.25, 0.3) is 0 Å². The van der Waals surface area contributed by atoms with Gasteiger partial charge in [0.05, 0.1) is 0 Å². The van der Waals surface area contributed by atoms with E-state index in [0.29, 0.717) is 0 Å². The minimum Gasteiger partial charge on any atom is -0.115 e. The van der Waals surface area contributed by atoms with Crippen molar-refractivity contribution in [3.8, 4) is 12.3 Å². The zero-order valence-electron chi connectivity index (χ0n) is 5.69. The highest BCUT2D eigenvalue weighted by Gasteiger charge is 1.92. The van der Waals surface area contributed by atoms with Crippen molar-refractivity contribution in [2.75, 3.05) is 0 Å². The van der Waals surface area contributed by atoms with Gasteiger partial charge in [-0.1, -0.05) is 21.9 Å². The second kappa shape index (κ2) is 2.90. The van der Waals surface area contributed by atoms with Gasteiger partial charge in [-0.2, -0.15) is 0 Å². The maximum absolute atomic E-state index is 5.20. The minimum atomic E-state index is 0.931. The molecule has 10 heavy (non-hydrogen) atoms. The van der Waals surface area contributed by atoms with Crippen LogP contribution in [0.15, 0.2) is 22.7 Å². The molecule has 50 valence electrons. The molecular weight excluding hydrogens is 188 g/mol. The first-order chi connectivity index (χ1) is 4.74. The normalized spacial score (nSPS) is 8.90. The first kappa shape index (κ1) is 7.37. The highest BCUT2D eigenvalue weighted by molar-refractivity contribution is 9.10. The van der Waals surface area contributed by atoms with E-state index in [0.717, 1.165) is 10.0 Å². The van der Waals surface area contributed by atoms with E-state index >= 15 is 0 Å². The maximum atomic E-state index is 5.20. The summed E-state index contributed by atoms with van der Waals surface area (Å²) in [6, 6.07) is 5.85. The molecule has 1 rings (SSSR count). The summed E-state index contributed by atoms with van der Waals surface area (Å²) in [5.41, 5.74) is 2.11. The van der Waals surface area contributed by atoms with Crippen LogP contribution in [0.3, 0.4) is 0 Å². The van der Waals surface area contributed by atoms with Gasteiger partial charge < -0.3 is 0 Å². The molecule has 1 aromatic rings. The summed E-state index contributed by atoms with van der Waals surface area (Å²) in [7, 11) is 0. The summed E-state index contributed by atoms with van der Waals surface area (Å²) in [5, 5.41) is 0. The molecule has 0 saturated heterocycles. The maximum Gasteiger partial charge on any atom is 0.0246 e. The lowest BCUT2D eigenvalue weighted by atomic mass is 10.1. The van der Waals surface area contributed by atoms with E-state index in [1.807, 2.05) is 25.1 Å². The van der Waals surface area contributed by atoms with Crippen LogP contribution in [-0.2, 0) is 0 Å². The smallest absolute Gasteiger partial charge is 0.0246 e. The van der Waals surface area contributed by atoms with E-state index in [2.05, 4.69) is 21.9 Å². The molecule has 0 unspecified atom stereocenters. The van der Waals surface area contributed by atoms with Gasteiger partial charge in [-0.3, -0.25) is 0 Å². The van der Waals surface area contributed by atoms with Crippen LogP contribution in [0.4, 0.5) is 0 Å². The molecule has 0 aromatic heterocycles. The molecule has 0 radical (unpaired) electrons. The highest BCUT2D eigenvalue weighted by Crippen LogP contribution is 2.16. The third kappa shape index (κ3) is 1.40. The van der Waals surface area contributed by atoms with Crippen LogP contribution in [0.2, 0.25) is 0 Å². The van der Waals surface area contributed by atoms with E-state index < -0.39 is 0 Å². The van der Waals surface area contributed by atoms with Crippen LogP contribution in [0.1, 0.15) is 11.1 Å². The minimum absolute atomic E-state index is 0.931. The monoisotopic (exact) mass is 194 g/mol. The third-order valence-electron chi connectivity index (χ3n) is 1.32.